The summed E-state index contributed by atoms with van der Waals surface area (Å²) in [7, 11) is -2.42. The molecule has 2 aromatic carbocycles. The Kier molecular flexibility index (Phi) is 4.39. The molecule has 0 fully saturated rings. The van der Waals surface area contributed by atoms with Gasteiger partial charge in [0.2, 0.25) is 9.84 Å². The number of ether oxygens (including phenoxy) is 1. The van der Waals surface area contributed by atoms with Gasteiger partial charge >= 0.3 is 5.97 Å². The van der Waals surface area contributed by atoms with E-state index in [1.807, 2.05) is 29.5 Å². The number of carbonyl (C=O) groups excluding carboxylic acids is 1. The van der Waals surface area contributed by atoms with Crippen molar-refractivity contribution in [2.24, 2.45) is 0 Å². The standard InChI is InChI=1S/C17H14INO4S/c1-10-6-8-11(9-7-10)24(21,22)13-5-3-4-12-14(13)15(18)16(19-12)17(20)23-2/h3-9,19H,1-2H3. The first-order chi connectivity index (χ1) is 11.4. The van der Waals surface area contributed by atoms with E-state index in [1.54, 1.807) is 42.5 Å². The molecule has 3 rings (SSSR count). The molecular weight excluding hydrogens is 441 g/mol. The number of fused-ring (bicyclic) bond motifs is 1. The predicted octanol–water partition coefficient (Wildman–Crippen LogP) is 3.70. The third-order valence-electron chi connectivity index (χ3n) is 3.74. The van der Waals surface area contributed by atoms with E-state index in [1.165, 1.54) is 7.11 Å². The van der Waals surface area contributed by atoms with Crippen molar-refractivity contribution in [1.29, 1.82) is 0 Å². The molecule has 7 heteroatoms. The van der Waals surface area contributed by atoms with Crippen molar-refractivity contribution in [3.05, 3.63) is 57.3 Å². The van der Waals surface area contributed by atoms with Crippen molar-refractivity contribution in [3.8, 4) is 0 Å². The Morgan fingerprint density at radius 1 is 1.12 bits per heavy atom. The zero-order valence-electron chi connectivity index (χ0n) is 13.0. The van der Waals surface area contributed by atoms with Crippen molar-refractivity contribution in [2.75, 3.05) is 7.11 Å². The molecule has 0 atom stereocenters. The van der Waals surface area contributed by atoms with E-state index in [4.69, 9.17) is 4.74 Å². The molecule has 0 aliphatic carbocycles. The number of benzene rings is 2. The van der Waals surface area contributed by atoms with Crippen molar-refractivity contribution < 1.29 is 17.9 Å². The topological polar surface area (TPSA) is 76.2 Å². The summed E-state index contributed by atoms with van der Waals surface area (Å²) in [6.45, 7) is 1.90. The monoisotopic (exact) mass is 455 g/mol. The van der Waals surface area contributed by atoms with E-state index >= 15 is 0 Å². The first-order valence-corrected chi connectivity index (χ1v) is 9.62. The zero-order chi connectivity index (χ0) is 17.5. The fourth-order valence-corrected chi connectivity index (χ4v) is 5.09. The largest absolute Gasteiger partial charge is 0.464 e. The number of hydrogen-bond acceptors (Lipinski definition) is 4. The van der Waals surface area contributed by atoms with Gasteiger partial charge in [-0.3, -0.25) is 0 Å². The third kappa shape index (κ3) is 2.71. The SMILES string of the molecule is COC(=O)c1[nH]c2cccc(S(=O)(=O)c3ccc(C)cc3)c2c1I. The molecular formula is C17H14INO4S. The summed E-state index contributed by atoms with van der Waals surface area (Å²) in [6.07, 6.45) is 0. The van der Waals surface area contributed by atoms with E-state index in [9.17, 15) is 13.2 Å². The summed E-state index contributed by atoms with van der Waals surface area (Å²) in [4.78, 5) is 15.2. The maximum Gasteiger partial charge on any atom is 0.355 e. The summed E-state index contributed by atoms with van der Waals surface area (Å²) in [5, 5.41) is 0.499. The van der Waals surface area contributed by atoms with Gasteiger partial charge in [-0.25, -0.2) is 13.2 Å². The Balaban J connectivity index is 2.28. The molecule has 1 N–H and O–H groups in total. The number of carbonyl (C=O) groups is 1. The molecule has 0 aliphatic rings. The van der Waals surface area contributed by atoms with Gasteiger partial charge in [-0.15, -0.1) is 0 Å². The highest BCUT2D eigenvalue weighted by Crippen LogP contribution is 2.33. The quantitative estimate of drug-likeness (QED) is 0.483. The molecule has 1 aromatic heterocycles. The summed E-state index contributed by atoms with van der Waals surface area (Å²) in [5.41, 5.74) is 1.81. The molecule has 0 spiro atoms. The van der Waals surface area contributed by atoms with Crippen LogP contribution in [-0.4, -0.2) is 26.5 Å². The summed E-state index contributed by atoms with van der Waals surface area (Å²) in [6, 6.07) is 11.6. The van der Waals surface area contributed by atoms with Crippen LogP contribution in [0.4, 0.5) is 0 Å². The number of nitrogens with one attached hydrogen (secondary N) is 1. The smallest absolute Gasteiger partial charge is 0.355 e. The van der Waals surface area contributed by atoms with Gasteiger partial charge in [0, 0.05) is 10.9 Å². The third-order valence-corrected chi connectivity index (χ3v) is 6.63. The Hall–Kier alpha value is -1.87. The van der Waals surface area contributed by atoms with Gasteiger partial charge in [0.05, 0.1) is 20.5 Å². The average molecular weight is 455 g/mol. The maximum absolute atomic E-state index is 13.0. The summed E-state index contributed by atoms with van der Waals surface area (Å²) < 4.78 is 31.3. The van der Waals surface area contributed by atoms with Gasteiger partial charge in [-0.05, 0) is 53.8 Å². The lowest BCUT2D eigenvalue weighted by molar-refractivity contribution is 0.0594. The molecule has 0 unspecified atom stereocenters. The van der Waals surface area contributed by atoms with Gasteiger partial charge in [0.1, 0.15) is 5.69 Å². The van der Waals surface area contributed by atoms with Gasteiger partial charge in [0.15, 0.2) is 0 Å². The van der Waals surface area contributed by atoms with E-state index in [2.05, 4.69) is 4.98 Å². The van der Waals surface area contributed by atoms with Crippen molar-refractivity contribution >= 4 is 49.3 Å². The Morgan fingerprint density at radius 3 is 2.42 bits per heavy atom. The average Bonchev–Trinajstić information content (AvgIpc) is 2.91. The first-order valence-electron chi connectivity index (χ1n) is 7.06. The summed E-state index contributed by atoms with van der Waals surface area (Å²) in [5.74, 6) is -0.533. The van der Waals surface area contributed by atoms with E-state index in [0.29, 0.717) is 14.5 Å². The number of methoxy groups -OCH3 is 1. The number of aryl methyl sites for hydroxylation is 1. The fourth-order valence-electron chi connectivity index (χ4n) is 2.49. The van der Waals surface area contributed by atoms with Crippen LogP contribution in [0.5, 0.6) is 0 Å². The maximum atomic E-state index is 13.0. The van der Waals surface area contributed by atoms with Crippen LogP contribution >= 0.6 is 22.6 Å². The van der Waals surface area contributed by atoms with Gasteiger partial charge in [-0.1, -0.05) is 23.8 Å². The second kappa shape index (κ2) is 6.21. The minimum atomic E-state index is -3.70. The van der Waals surface area contributed by atoms with Crippen molar-refractivity contribution in [2.45, 2.75) is 16.7 Å². The van der Waals surface area contributed by atoms with Crippen molar-refractivity contribution in [3.63, 3.8) is 0 Å². The highest BCUT2D eigenvalue weighted by molar-refractivity contribution is 14.1. The number of aromatic amines is 1. The minimum Gasteiger partial charge on any atom is -0.464 e. The minimum absolute atomic E-state index is 0.166. The van der Waals surface area contributed by atoms with Crippen LogP contribution in [0.25, 0.3) is 10.9 Å². The van der Waals surface area contributed by atoms with Gasteiger partial charge in [-0.2, -0.15) is 0 Å². The van der Waals surface area contributed by atoms with Crippen LogP contribution in [-0.2, 0) is 14.6 Å². The Bertz CT molecular complexity index is 1040. The van der Waals surface area contributed by atoms with E-state index in [0.717, 1.165) is 5.56 Å². The van der Waals surface area contributed by atoms with Crippen LogP contribution < -0.4 is 0 Å². The molecule has 124 valence electrons. The number of esters is 1. The van der Waals surface area contributed by atoms with E-state index in [-0.39, 0.29) is 15.5 Å². The van der Waals surface area contributed by atoms with Crippen LogP contribution in [0.1, 0.15) is 16.1 Å². The highest BCUT2D eigenvalue weighted by Gasteiger charge is 2.25. The normalized spacial score (nSPS) is 11.6. The molecule has 0 aliphatic heterocycles. The lowest BCUT2D eigenvalue weighted by Gasteiger charge is -2.07. The molecule has 0 saturated heterocycles. The number of sulfone groups is 1. The molecule has 3 aromatic rings. The second-order valence-electron chi connectivity index (χ2n) is 5.30. The Labute approximate surface area is 153 Å². The van der Waals surface area contributed by atoms with Crippen molar-refractivity contribution in [1.82, 2.24) is 4.98 Å². The number of rotatable bonds is 3. The van der Waals surface area contributed by atoms with Crippen LogP contribution in [0.2, 0.25) is 0 Å². The molecule has 0 radical (unpaired) electrons. The van der Waals surface area contributed by atoms with Gasteiger partial charge < -0.3 is 9.72 Å². The molecule has 5 nitrogen and oxygen atoms in total. The summed E-state index contributed by atoms with van der Waals surface area (Å²) >= 11 is 1.97. The molecule has 24 heavy (non-hydrogen) atoms. The van der Waals surface area contributed by atoms with Crippen LogP contribution in [0.15, 0.2) is 52.3 Å². The lowest BCUT2D eigenvalue weighted by atomic mass is 10.2. The first kappa shape index (κ1) is 17.0. The highest BCUT2D eigenvalue weighted by atomic mass is 127. The van der Waals surface area contributed by atoms with Crippen LogP contribution in [0, 0.1) is 10.5 Å². The molecule has 0 saturated carbocycles. The molecule has 0 bridgehead atoms. The number of H-pyrrole nitrogens is 1. The van der Waals surface area contributed by atoms with Crippen LogP contribution in [0.3, 0.4) is 0 Å². The predicted molar refractivity (Wildman–Crippen MR) is 99.0 cm³/mol. The second-order valence-corrected chi connectivity index (χ2v) is 8.30. The zero-order valence-corrected chi connectivity index (χ0v) is 15.9. The number of halogens is 1. The lowest BCUT2D eigenvalue weighted by Crippen LogP contribution is -2.04. The fraction of sp³-hybridized carbons (Fsp3) is 0.118. The number of hydrogen-bond donors (Lipinski definition) is 1. The Morgan fingerprint density at radius 2 is 1.79 bits per heavy atom. The molecule has 0 amide bonds. The van der Waals surface area contributed by atoms with Gasteiger partial charge in [0.25, 0.3) is 0 Å². The number of aromatic nitrogens is 1. The molecule has 1 heterocycles. The van der Waals surface area contributed by atoms with E-state index < -0.39 is 15.8 Å².